The lowest BCUT2D eigenvalue weighted by Crippen LogP contribution is -2.01. The molecule has 0 heterocycles. The first kappa shape index (κ1) is 47.3. The van der Waals surface area contributed by atoms with Crippen LogP contribution in [-0.2, 0) is 25.7 Å². The molecule has 8 aromatic rings. The average Bonchev–Trinajstić information content (AvgIpc) is 3.39. The van der Waals surface area contributed by atoms with Gasteiger partial charge in [0.05, 0.1) is 0 Å². The zero-order valence-electron chi connectivity index (χ0n) is 40.1. The van der Waals surface area contributed by atoms with Crippen molar-refractivity contribution in [1.29, 1.82) is 0 Å². The number of rotatable bonds is 22. The van der Waals surface area contributed by atoms with Crippen molar-refractivity contribution in [2.75, 3.05) is 0 Å². The van der Waals surface area contributed by atoms with E-state index in [4.69, 9.17) is 9.05 Å². The van der Waals surface area contributed by atoms with E-state index in [1.54, 1.807) is 0 Å². The van der Waals surface area contributed by atoms with Gasteiger partial charge in [-0.1, -0.05) is 223 Å². The molecule has 0 saturated heterocycles. The van der Waals surface area contributed by atoms with Crippen molar-refractivity contribution in [3.8, 4) is 78.3 Å². The second-order valence-electron chi connectivity index (χ2n) is 17.8. The van der Waals surface area contributed by atoms with E-state index < -0.39 is 0 Å². The molecule has 0 saturated carbocycles. The van der Waals surface area contributed by atoms with Crippen molar-refractivity contribution in [3.05, 3.63) is 204 Å². The van der Waals surface area contributed by atoms with Gasteiger partial charge in [0, 0.05) is 22.3 Å². The van der Waals surface area contributed by atoms with Crippen LogP contribution in [0.2, 0.25) is 0 Å². The van der Waals surface area contributed by atoms with Crippen molar-refractivity contribution in [1.82, 2.24) is 0 Å². The quantitative estimate of drug-likeness (QED) is 0.0631. The highest BCUT2D eigenvalue weighted by atomic mass is 31.1. The molecule has 0 aromatic heterocycles. The first-order valence-corrected chi connectivity index (χ1v) is 25.8. The predicted molar refractivity (Wildman–Crippen MR) is 290 cm³/mol. The molecule has 0 atom stereocenters. The van der Waals surface area contributed by atoms with Gasteiger partial charge < -0.3 is 9.05 Å². The molecule has 0 unspecified atom stereocenters. The van der Waals surface area contributed by atoms with E-state index in [-0.39, 0.29) is 9.03 Å². The number of hydrogen-bond acceptors (Lipinski definition) is 2. The van der Waals surface area contributed by atoms with Crippen LogP contribution in [0.15, 0.2) is 182 Å². The summed E-state index contributed by atoms with van der Waals surface area (Å²) >= 11 is 0. The van der Waals surface area contributed by atoms with Crippen molar-refractivity contribution >= 4 is 9.03 Å². The van der Waals surface area contributed by atoms with E-state index in [1.165, 1.54) is 77.9 Å². The monoisotopic (exact) mass is 898 g/mol. The van der Waals surface area contributed by atoms with Crippen LogP contribution in [0.4, 0.5) is 0 Å². The maximum absolute atomic E-state index is 7.12. The molecule has 8 aromatic carbocycles. The Morgan fingerprint density at radius 1 is 0.284 bits per heavy atom. The molecule has 0 aliphatic heterocycles. The maximum Gasteiger partial charge on any atom is 0.275 e. The van der Waals surface area contributed by atoms with Crippen LogP contribution in [0.25, 0.3) is 66.8 Å². The van der Waals surface area contributed by atoms with Crippen LogP contribution in [0.5, 0.6) is 11.5 Å². The number of hydrogen-bond donors (Lipinski definition) is 0. The highest BCUT2D eigenvalue weighted by Gasteiger charge is 2.25. The van der Waals surface area contributed by atoms with Crippen molar-refractivity contribution in [2.45, 2.75) is 105 Å². The zero-order chi connectivity index (χ0) is 46.2. The lowest BCUT2D eigenvalue weighted by atomic mass is 9.83. The first-order valence-electron chi connectivity index (χ1n) is 25.0. The van der Waals surface area contributed by atoms with Gasteiger partial charge in [-0.25, -0.2) is 0 Å². The van der Waals surface area contributed by atoms with E-state index in [0.29, 0.717) is 0 Å². The Hall–Kier alpha value is -6.21. The summed E-state index contributed by atoms with van der Waals surface area (Å²) in [6.45, 7) is 9.10. The molecule has 0 fully saturated rings. The fourth-order valence-corrected chi connectivity index (χ4v) is 10.2. The molecule has 0 spiro atoms. The van der Waals surface area contributed by atoms with Crippen molar-refractivity contribution < 1.29 is 9.05 Å². The normalized spacial score (nSPS) is 11.2. The van der Waals surface area contributed by atoms with Gasteiger partial charge in [-0.15, -0.1) is 0 Å². The molecule has 340 valence electrons. The zero-order valence-corrected chi connectivity index (χ0v) is 41.1. The molecular weight excluding hydrogens is 832 g/mol. The first-order chi connectivity index (χ1) is 33.1. The lowest BCUT2D eigenvalue weighted by molar-refractivity contribution is 0.518. The van der Waals surface area contributed by atoms with Crippen LogP contribution in [0, 0.1) is 0 Å². The van der Waals surface area contributed by atoms with Gasteiger partial charge in [-0.3, -0.25) is 0 Å². The van der Waals surface area contributed by atoms with Gasteiger partial charge >= 0.3 is 0 Å². The molecule has 0 N–H and O–H groups in total. The number of unbranched alkanes of at least 4 members (excludes halogenated alkanes) is 4. The number of benzene rings is 8. The predicted octanol–water partition coefficient (Wildman–Crippen LogP) is 19.0. The molecule has 67 heavy (non-hydrogen) atoms. The lowest BCUT2D eigenvalue weighted by Gasteiger charge is -2.24. The van der Waals surface area contributed by atoms with Crippen molar-refractivity contribution in [3.63, 3.8) is 0 Å². The Morgan fingerprint density at radius 2 is 0.582 bits per heavy atom. The summed E-state index contributed by atoms with van der Waals surface area (Å²) in [5.41, 5.74) is 19.8. The van der Waals surface area contributed by atoms with Crippen LogP contribution in [0.1, 0.15) is 101 Å². The topological polar surface area (TPSA) is 18.5 Å². The summed E-state index contributed by atoms with van der Waals surface area (Å²) in [6, 6.07) is 66.7. The summed E-state index contributed by atoms with van der Waals surface area (Å²) in [5.74, 6) is 1.65. The maximum atomic E-state index is 7.12. The van der Waals surface area contributed by atoms with Gasteiger partial charge in [0.15, 0.2) is 0 Å². The molecule has 0 bridgehead atoms. The minimum Gasteiger partial charge on any atom is -0.440 e. The van der Waals surface area contributed by atoms with E-state index in [0.717, 1.165) is 99.7 Å². The highest BCUT2D eigenvalue weighted by Crippen LogP contribution is 2.51. The van der Waals surface area contributed by atoms with Gasteiger partial charge in [0.1, 0.15) is 11.5 Å². The van der Waals surface area contributed by atoms with E-state index in [2.05, 4.69) is 210 Å². The third kappa shape index (κ3) is 11.2. The van der Waals surface area contributed by atoms with Gasteiger partial charge in [0.2, 0.25) is 0 Å². The van der Waals surface area contributed by atoms with Crippen molar-refractivity contribution in [2.24, 2.45) is 0 Å². The summed E-state index contributed by atoms with van der Waals surface area (Å²) in [5, 5.41) is 0. The summed E-state index contributed by atoms with van der Waals surface area (Å²) in [4.78, 5) is 0. The molecular formula is C64H67O2P. The second-order valence-corrected chi connectivity index (χ2v) is 18.4. The van der Waals surface area contributed by atoms with Gasteiger partial charge in [-0.05, 0) is 130 Å². The Bertz CT molecular complexity index is 2630. The largest absolute Gasteiger partial charge is 0.440 e. The third-order valence-electron chi connectivity index (χ3n) is 13.1. The SMILES string of the molecule is CCCCc1ccccc1-c1ccc(OPOc2ccc(-c3ccccc3CCCC)c(-c3ccccc3)c2-c2ccccc2CCCC)c(-c2ccccc2CCCC)c1-c1ccccc1. The Morgan fingerprint density at radius 3 is 0.925 bits per heavy atom. The summed E-state index contributed by atoms with van der Waals surface area (Å²) in [6.07, 6.45) is 13.1. The molecule has 0 radical (unpaired) electrons. The number of aryl methyl sites for hydroxylation is 4. The van der Waals surface area contributed by atoms with Crippen LogP contribution < -0.4 is 9.05 Å². The minimum absolute atomic E-state index is 0.305. The molecule has 0 aliphatic carbocycles. The van der Waals surface area contributed by atoms with Crippen LogP contribution >= 0.6 is 9.03 Å². The summed E-state index contributed by atoms with van der Waals surface area (Å²) in [7, 11) is -0.305. The smallest absolute Gasteiger partial charge is 0.275 e. The standard InChI is InChI=1S/C64H67O2P/c1-5-9-27-47-31-19-23-39-53(47)57-43-45-59(63(61(57)51-35-15-13-16-36-51)55-41-25-21-33-49(55)29-11-7-3)65-67-66-60-46-44-58(54-40-24-20-32-48(54)28-10-6-2)62(52-37-17-14-18-38-52)64(60)56-42-26-22-34-50(56)30-12-8-4/h13-26,31-46,67H,5-12,27-30H2,1-4H3. The van der Waals surface area contributed by atoms with Gasteiger partial charge in [-0.2, -0.15) is 0 Å². The fraction of sp³-hybridized carbons (Fsp3) is 0.250. The average molecular weight is 899 g/mol. The Kier molecular flexibility index (Phi) is 16.9. The molecule has 0 amide bonds. The van der Waals surface area contributed by atoms with E-state index in [9.17, 15) is 0 Å². The molecule has 8 rings (SSSR count). The van der Waals surface area contributed by atoms with E-state index in [1.807, 2.05) is 0 Å². The fourth-order valence-electron chi connectivity index (χ4n) is 9.68. The van der Waals surface area contributed by atoms with Crippen LogP contribution in [0.3, 0.4) is 0 Å². The minimum atomic E-state index is -0.305. The third-order valence-corrected chi connectivity index (χ3v) is 13.8. The molecule has 2 nitrogen and oxygen atoms in total. The van der Waals surface area contributed by atoms with Gasteiger partial charge in [0.25, 0.3) is 9.03 Å². The second kappa shape index (κ2) is 24.0. The van der Waals surface area contributed by atoms with Crippen LogP contribution in [-0.4, -0.2) is 0 Å². The molecule has 0 aliphatic rings. The molecule has 3 heteroatoms. The summed E-state index contributed by atoms with van der Waals surface area (Å²) < 4.78 is 14.2. The Balaban J connectivity index is 1.31. The van der Waals surface area contributed by atoms with E-state index >= 15 is 0 Å². The Labute approximate surface area is 403 Å². The highest BCUT2D eigenvalue weighted by molar-refractivity contribution is 7.27.